The summed E-state index contributed by atoms with van der Waals surface area (Å²) in [5, 5.41) is 0. The highest BCUT2D eigenvalue weighted by atomic mass is 35.5. The third-order valence-corrected chi connectivity index (χ3v) is 2.92. The van der Waals surface area contributed by atoms with Gasteiger partial charge in [0.2, 0.25) is 0 Å². The van der Waals surface area contributed by atoms with Crippen LogP contribution in [0.1, 0.15) is 19.3 Å². The van der Waals surface area contributed by atoms with Crippen LogP contribution in [0.3, 0.4) is 0 Å². The lowest BCUT2D eigenvalue weighted by molar-refractivity contribution is -0.152. The van der Waals surface area contributed by atoms with Crippen LogP contribution < -0.4 is 0 Å². The first-order valence-electron chi connectivity index (χ1n) is 4.75. The summed E-state index contributed by atoms with van der Waals surface area (Å²) in [5.74, 6) is 0.352. The van der Waals surface area contributed by atoms with Gasteiger partial charge in [0.15, 0.2) is 0 Å². The van der Waals surface area contributed by atoms with E-state index in [1.807, 2.05) is 6.08 Å². The van der Waals surface area contributed by atoms with Gasteiger partial charge in [-0.1, -0.05) is 12.2 Å². The van der Waals surface area contributed by atoms with Gasteiger partial charge >= 0.3 is 5.97 Å². The predicted octanol–water partition coefficient (Wildman–Crippen LogP) is 2.73. The summed E-state index contributed by atoms with van der Waals surface area (Å²) in [4.78, 5) is 11.6. The number of rotatable bonds is 4. The smallest absolute Gasteiger partial charge is 0.309 e. The van der Waals surface area contributed by atoms with Gasteiger partial charge in [-0.15, -0.1) is 23.2 Å². The van der Waals surface area contributed by atoms with E-state index in [0.29, 0.717) is 0 Å². The fourth-order valence-corrected chi connectivity index (χ4v) is 1.83. The first-order valence-corrected chi connectivity index (χ1v) is 5.82. The molecule has 1 unspecified atom stereocenters. The molecule has 0 saturated carbocycles. The average molecular weight is 237 g/mol. The zero-order valence-electron chi connectivity index (χ0n) is 7.92. The first-order chi connectivity index (χ1) is 6.77. The molecule has 0 aromatic heterocycles. The zero-order chi connectivity index (χ0) is 10.4. The van der Waals surface area contributed by atoms with Crippen molar-refractivity contribution in [3.8, 4) is 0 Å². The molecule has 0 radical (unpaired) electrons. The fraction of sp³-hybridized carbons (Fsp3) is 0.700. The van der Waals surface area contributed by atoms with Gasteiger partial charge in [0.05, 0.1) is 17.7 Å². The van der Waals surface area contributed by atoms with E-state index in [1.165, 1.54) is 0 Å². The van der Waals surface area contributed by atoms with Gasteiger partial charge in [0.1, 0.15) is 6.10 Å². The molecule has 0 aliphatic heterocycles. The number of hydrogen-bond donors (Lipinski definition) is 0. The van der Waals surface area contributed by atoms with Crippen molar-refractivity contribution in [1.29, 1.82) is 0 Å². The lowest BCUT2D eigenvalue weighted by Crippen LogP contribution is -2.27. The molecule has 1 rings (SSSR count). The first kappa shape index (κ1) is 11.9. The van der Waals surface area contributed by atoms with E-state index in [9.17, 15) is 4.79 Å². The summed E-state index contributed by atoms with van der Waals surface area (Å²) in [6, 6.07) is 0. The average Bonchev–Trinajstić information content (AvgIpc) is 2.26. The number of halogens is 2. The van der Waals surface area contributed by atoms with E-state index in [0.717, 1.165) is 19.3 Å². The summed E-state index contributed by atoms with van der Waals surface area (Å²) in [5.41, 5.74) is 0. The maximum atomic E-state index is 11.6. The Bertz CT molecular complexity index is 212. The number of alkyl halides is 2. The number of carbonyl (C=O) groups is 1. The monoisotopic (exact) mass is 236 g/mol. The molecule has 2 nitrogen and oxygen atoms in total. The van der Waals surface area contributed by atoms with Gasteiger partial charge in [0.25, 0.3) is 0 Å². The van der Waals surface area contributed by atoms with Crippen molar-refractivity contribution in [3.05, 3.63) is 12.2 Å². The van der Waals surface area contributed by atoms with E-state index in [2.05, 4.69) is 6.08 Å². The Kier molecular flexibility index (Phi) is 5.34. The van der Waals surface area contributed by atoms with Gasteiger partial charge < -0.3 is 4.74 Å². The number of allylic oxidation sites excluding steroid dienone is 2. The van der Waals surface area contributed by atoms with Crippen LogP contribution in [0.5, 0.6) is 0 Å². The second-order valence-corrected chi connectivity index (χ2v) is 3.97. The van der Waals surface area contributed by atoms with Crippen molar-refractivity contribution in [2.45, 2.75) is 25.4 Å². The van der Waals surface area contributed by atoms with E-state index in [1.54, 1.807) is 0 Å². The highest BCUT2D eigenvalue weighted by Gasteiger charge is 2.22. The molecule has 4 heteroatoms. The number of ether oxygens (including phenoxy) is 1. The molecule has 0 N–H and O–H groups in total. The zero-order valence-corrected chi connectivity index (χ0v) is 9.43. The lowest BCUT2D eigenvalue weighted by Gasteiger charge is -2.19. The summed E-state index contributed by atoms with van der Waals surface area (Å²) in [6.07, 6.45) is 6.35. The molecule has 14 heavy (non-hydrogen) atoms. The highest BCUT2D eigenvalue weighted by Crippen LogP contribution is 2.20. The predicted molar refractivity (Wildman–Crippen MR) is 57.8 cm³/mol. The van der Waals surface area contributed by atoms with Crippen LogP contribution in [0.15, 0.2) is 12.2 Å². The Labute approximate surface area is 94.2 Å². The molecule has 0 heterocycles. The Morgan fingerprint density at radius 1 is 1.43 bits per heavy atom. The molecular weight excluding hydrogens is 223 g/mol. The summed E-state index contributed by atoms with van der Waals surface area (Å²) < 4.78 is 5.15. The lowest BCUT2D eigenvalue weighted by atomic mass is 9.95. The van der Waals surface area contributed by atoms with E-state index in [-0.39, 0.29) is 29.8 Å². The summed E-state index contributed by atoms with van der Waals surface area (Å²) in [6.45, 7) is 0. The maximum absolute atomic E-state index is 11.6. The number of esters is 1. The van der Waals surface area contributed by atoms with Crippen LogP contribution in [0.4, 0.5) is 0 Å². The van der Waals surface area contributed by atoms with Crippen LogP contribution in [-0.4, -0.2) is 23.8 Å². The van der Waals surface area contributed by atoms with Gasteiger partial charge in [-0.25, -0.2) is 0 Å². The Hall–Kier alpha value is -0.210. The van der Waals surface area contributed by atoms with Gasteiger partial charge in [-0.05, 0) is 19.3 Å². The maximum Gasteiger partial charge on any atom is 0.309 e. The molecule has 0 bridgehead atoms. The second-order valence-electron chi connectivity index (χ2n) is 3.35. The Morgan fingerprint density at radius 2 is 2.14 bits per heavy atom. The molecule has 1 aliphatic rings. The quantitative estimate of drug-likeness (QED) is 0.427. The Morgan fingerprint density at radius 3 is 2.64 bits per heavy atom. The van der Waals surface area contributed by atoms with Crippen LogP contribution in [-0.2, 0) is 9.53 Å². The van der Waals surface area contributed by atoms with E-state index < -0.39 is 0 Å². The molecule has 0 saturated heterocycles. The van der Waals surface area contributed by atoms with Crippen molar-refractivity contribution in [1.82, 2.24) is 0 Å². The number of carbonyl (C=O) groups excluding carboxylic acids is 1. The van der Waals surface area contributed by atoms with Crippen LogP contribution in [0.25, 0.3) is 0 Å². The third-order valence-electron chi connectivity index (χ3n) is 2.23. The van der Waals surface area contributed by atoms with Crippen LogP contribution >= 0.6 is 23.2 Å². The number of hydrogen-bond acceptors (Lipinski definition) is 2. The second kappa shape index (κ2) is 6.31. The van der Waals surface area contributed by atoms with Crippen molar-refractivity contribution in [2.24, 2.45) is 5.92 Å². The van der Waals surface area contributed by atoms with Gasteiger partial charge in [0, 0.05) is 0 Å². The molecule has 0 amide bonds. The van der Waals surface area contributed by atoms with Crippen LogP contribution in [0, 0.1) is 5.92 Å². The van der Waals surface area contributed by atoms with Crippen molar-refractivity contribution in [3.63, 3.8) is 0 Å². The SMILES string of the molecule is O=C(OC(CCl)CCl)C1CC=CCC1. The van der Waals surface area contributed by atoms with E-state index >= 15 is 0 Å². The fourth-order valence-electron chi connectivity index (χ4n) is 1.37. The van der Waals surface area contributed by atoms with E-state index in [4.69, 9.17) is 27.9 Å². The highest BCUT2D eigenvalue weighted by molar-refractivity contribution is 6.21. The molecule has 1 atom stereocenters. The summed E-state index contributed by atoms with van der Waals surface area (Å²) >= 11 is 11.2. The molecule has 0 aromatic carbocycles. The summed E-state index contributed by atoms with van der Waals surface area (Å²) in [7, 11) is 0. The van der Waals surface area contributed by atoms with Crippen LogP contribution in [0.2, 0.25) is 0 Å². The van der Waals surface area contributed by atoms with Gasteiger partial charge in [-0.2, -0.15) is 0 Å². The Balaban J connectivity index is 2.36. The van der Waals surface area contributed by atoms with Crippen molar-refractivity contribution >= 4 is 29.2 Å². The van der Waals surface area contributed by atoms with Crippen molar-refractivity contribution < 1.29 is 9.53 Å². The largest absolute Gasteiger partial charge is 0.460 e. The van der Waals surface area contributed by atoms with Gasteiger partial charge in [-0.3, -0.25) is 4.79 Å². The minimum atomic E-state index is -0.350. The molecular formula is C10H14Cl2O2. The minimum absolute atomic E-state index is 0.00562. The topological polar surface area (TPSA) is 26.3 Å². The minimum Gasteiger partial charge on any atom is -0.460 e. The normalized spacial score (nSPS) is 21.2. The third kappa shape index (κ3) is 3.50. The molecule has 1 aliphatic carbocycles. The molecule has 0 fully saturated rings. The molecule has 0 spiro atoms. The molecule has 80 valence electrons. The van der Waals surface area contributed by atoms with Crippen molar-refractivity contribution in [2.75, 3.05) is 11.8 Å². The standard InChI is InChI=1S/C10H14Cl2O2/c11-6-9(7-12)14-10(13)8-4-2-1-3-5-8/h1-2,8-9H,3-7H2. The molecule has 0 aromatic rings.